The highest BCUT2D eigenvalue weighted by Crippen LogP contribution is 2.30. The van der Waals surface area contributed by atoms with Gasteiger partial charge in [-0.05, 0) is 42.3 Å². The van der Waals surface area contributed by atoms with Crippen LogP contribution < -0.4 is 15.4 Å². The van der Waals surface area contributed by atoms with Crippen molar-refractivity contribution in [3.63, 3.8) is 0 Å². The van der Waals surface area contributed by atoms with E-state index in [1.807, 2.05) is 0 Å². The second kappa shape index (κ2) is 9.63. The van der Waals surface area contributed by atoms with Crippen molar-refractivity contribution in [3.05, 3.63) is 77.1 Å². The van der Waals surface area contributed by atoms with Gasteiger partial charge in [-0.1, -0.05) is 30.3 Å². The van der Waals surface area contributed by atoms with Crippen molar-refractivity contribution in [2.45, 2.75) is 26.2 Å². The van der Waals surface area contributed by atoms with Gasteiger partial charge in [0, 0.05) is 12.2 Å². The Hall–Kier alpha value is -3.38. The molecule has 2 aromatic carbocycles. The SMILES string of the molecule is Cc1ccccc1-n1nc(C(F)(F)F)cc1CNC(=O)Nc1ccc(CNS(C)(=O)=O)cc1. The number of hydrogen-bond acceptors (Lipinski definition) is 4. The molecule has 176 valence electrons. The number of carbonyl (C=O) groups is 1. The van der Waals surface area contributed by atoms with Crippen molar-refractivity contribution < 1.29 is 26.4 Å². The topological polar surface area (TPSA) is 105 Å². The van der Waals surface area contributed by atoms with Crippen molar-refractivity contribution in [1.29, 1.82) is 0 Å². The molecule has 0 aliphatic rings. The summed E-state index contributed by atoms with van der Waals surface area (Å²) in [6, 6.07) is 13.6. The van der Waals surface area contributed by atoms with Gasteiger partial charge >= 0.3 is 12.2 Å². The summed E-state index contributed by atoms with van der Waals surface area (Å²) in [5.74, 6) is 0. The monoisotopic (exact) mass is 481 g/mol. The number of nitrogens with zero attached hydrogens (tertiary/aromatic N) is 2. The first-order valence-corrected chi connectivity index (χ1v) is 11.6. The fourth-order valence-electron chi connectivity index (χ4n) is 2.96. The van der Waals surface area contributed by atoms with E-state index >= 15 is 0 Å². The number of nitrogens with one attached hydrogen (secondary N) is 3. The van der Waals surface area contributed by atoms with Crippen molar-refractivity contribution in [3.8, 4) is 5.69 Å². The van der Waals surface area contributed by atoms with Gasteiger partial charge in [-0.25, -0.2) is 22.6 Å². The lowest BCUT2D eigenvalue weighted by Gasteiger charge is -2.12. The number of rotatable bonds is 7. The molecule has 0 aliphatic carbocycles. The van der Waals surface area contributed by atoms with Gasteiger partial charge in [-0.2, -0.15) is 18.3 Å². The number of anilines is 1. The third kappa shape index (κ3) is 6.80. The molecule has 1 heterocycles. The van der Waals surface area contributed by atoms with Crippen LogP contribution in [0.2, 0.25) is 0 Å². The number of hydrogen-bond donors (Lipinski definition) is 3. The number of aromatic nitrogens is 2. The zero-order valence-corrected chi connectivity index (χ0v) is 18.6. The maximum Gasteiger partial charge on any atom is 0.435 e. The number of aryl methyl sites for hydroxylation is 1. The van der Waals surface area contributed by atoms with E-state index in [9.17, 15) is 26.4 Å². The van der Waals surface area contributed by atoms with E-state index in [1.54, 1.807) is 55.5 Å². The quantitative estimate of drug-likeness (QED) is 0.480. The maximum atomic E-state index is 13.2. The van der Waals surface area contributed by atoms with Gasteiger partial charge in [0.2, 0.25) is 10.0 Å². The summed E-state index contributed by atoms with van der Waals surface area (Å²) >= 11 is 0. The summed E-state index contributed by atoms with van der Waals surface area (Å²) < 4.78 is 65.5. The Balaban J connectivity index is 1.68. The van der Waals surface area contributed by atoms with Crippen LogP contribution in [0, 0.1) is 6.92 Å². The number of alkyl halides is 3. The Morgan fingerprint density at radius 2 is 1.73 bits per heavy atom. The van der Waals surface area contributed by atoms with Crippen LogP contribution in [0.5, 0.6) is 0 Å². The van der Waals surface area contributed by atoms with Crippen LogP contribution in [0.1, 0.15) is 22.5 Å². The Morgan fingerprint density at radius 1 is 1.06 bits per heavy atom. The highest BCUT2D eigenvalue weighted by molar-refractivity contribution is 7.88. The molecule has 2 amide bonds. The third-order valence-corrected chi connectivity index (χ3v) is 5.27. The summed E-state index contributed by atoms with van der Waals surface area (Å²) in [6.45, 7) is 1.67. The average Bonchev–Trinajstić information content (AvgIpc) is 3.16. The molecule has 0 bridgehead atoms. The Labute approximate surface area is 188 Å². The minimum absolute atomic E-state index is 0.107. The first kappa shape index (κ1) is 24.3. The molecule has 12 heteroatoms. The molecule has 3 N–H and O–H groups in total. The second-order valence-electron chi connectivity index (χ2n) is 7.31. The molecule has 1 aromatic heterocycles. The summed E-state index contributed by atoms with van der Waals surface area (Å²) in [6.07, 6.45) is -3.57. The highest BCUT2D eigenvalue weighted by Gasteiger charge is 2.35. The van der Waals surface area contributed by atoms with Gasteiger partial charge in [-0.15, -0.1) is 0 Å². The van der Waals surface area contributed by atoms with Gasteiger partial charge in [-0.3, -0.25) is 0 Å². The largest absolute Gasteiger partial charge is 0.435 e. The number of sulfonamides is 1. The van der Waals surface area contributed by atoms with Crippen LogP contribution in [0.3, 0.4) is 0 Å². The molecule has 0 saturated carbocycles. The molecular weight excluding hydrogens is 459 g/mol. The molecule has 0 radical (unpaired) electrons. The predicted molar refractivity (Wildman–Crippen MR) is 117 cm³/mol. The number of halogens is 3. The summed E-state index contributed by atoms with van der Waals surface area (Å²) in [5, 5.41) is 8.80. The molecule has 0 atom stereocenters. The van der Waals surface area contributed by atoms with Crippen LogP contribution in [-0.2, 0) is 29.3 Å². The lowest BCUT2D eigenvalue weighted by atomic mass is 10.2. The first-order valence-electron chi connectivity index (χ1n) is 9.73. The summed E-state index contributed by atoms with van der Waals surface area (Å²) in [5.41, 5.74) is 1.43. The number of para-hydroxylation sites is 1. The standard InChI is InChI=1S/C21H22F3N5O3S/c1-14-5-3-4-6-18(14)29-17(11-19(28-29)21(22,23)24)13-25-20(30)27-16-9-7-15(8-10-16)12-26-33(2,31)32/h3-11,26H,12-13H2,1-2H3,(H2,25,27,30). The second-order valence-corrected chi connectivity index (χ2v) is 9.15. The predicted octanol–water partition coefficient (Wildman–Crippen LogP) is 3.57. The summed E-state index contributed by atoms with van der Waals surface area (Å²) in [4.78, 5) is 12.3. The van der Waals surface area contributed by atoms with E-state index in [1.165, 1.54) is 4.68 Å². The van der Waals surface area contributed by atoms with Gasteiger partial charge in [0.15, 0.2) is 5.69 Å². The van der Waals surface area contributed by atoms with Gasteiger partial charge in [0.25, 0.3) is 0 Å². The fraction of sp³-hybridized carbons (Fsp3) is 0.238. The Kier molecular flexibility index (Phi) is 7.08. The minimum atomic E-state index is -4.63. The van der Waals surface area contributed by atoms with Crippen molar-refractivity contribution >= 4 is 21.7 Å². The van der Waals surface area contributed by atoms with E-state index in [-0.39, 0.29) is 18.8 Å². The number of amides is 2. The highest BCUT2D eigenvalue weighted by atomic mass is 32.2. The zero-order chi connectivity index (χ0) is 24.2. The molecule has 0 fully saturated rings. The molecule has 0 unspecified atom stereocenters. The minimum Gasteiger partial charge on any atom is -0.332 e. The average molecular weight is 482 g/mol. The summed E-state index contributed by atoms with van der Waals surface area (Å²) in [7, 11) is -3.33. The Morgan fingerprint density at radius 3 is 2.33 bits per heavy atom. The number of benzene rings is 2. The van der Waals surface area contributed by atoms with Crippen LogP contribution in [0.4, 0.5) is 23.7 Å². The zero-order valence-electron chi connectivity index (χ0n) is 17.8. The van der Waals surface area contributed by atoms with E-state index in [0.29, 0.717) is 16.9 Å². The van der Waals surface area contributed by atoms with E-state index in [0.717, 1.165) is 17.9 Å². The van der Waals surface area contributed by atoms with Gasteiger partial charge in [0.05, 0.1) is 24.2 Å². The van der Waals surface area contributed by atoms with Gasteiger partial charge < -0.3 is 10.6 Å². The first-order chi connectivity index (χ1) is 15.4. The lowest BCUT2D eigenvalue weighted by molar-refractivity contribution is -0.141. The van der Waals surface area contributed by atoms with E-state index < -0.39 is 27.9 Å². The molecule has 3 rings (SSSR count). The number of carbonyl (C=O) groups excluding carboxylic acids is 1. The van der Waals surface area contributed by atoms with E-state index in [2.05, 4.69) is 20.5 Å². The van der Waals surface area contributed by atoms with Crippen molar-refractivity contribution in [2.24, 2.45) is 0 Å². The maximum absolute atomic E-state index is 13.2. The molecule has 0 spiro atoms. The normalized spacial score (nSPS) is 11.9. The number of urea groups is 1. The van der Waals surface area contributed by atoms with Crippen LogP contribution in [0.15, 0.2) is 54.6 Å². The Bertz CT molecular complexity index is 1240. The third-order valence-electron chi connectivity index (χ3n) is 4.60. The van der Waals surface area contributed by atoms with Gasteiger partial charge in [0.1, 0.15) is 0 Å². The van der Waals surface area contributed by atoms with E-state index in [4.69, 9.17) is 0 Å². The smallest absolute Gasteiger partial charge is 0.332 e. The molecule has 8 nitrogen and oxygen atoms in total. The molecule has 3 aromatic rings. The molecule has 0 aliphatic heterocycles. The van der Waals surface area contributed by atoms with Crippen LogP contribution in [0.25, 0.3) is 5.69 Å². The van der Waals surface area contributed by atoms with Crippen molar-refractivity contribution in [1.82, 2.24) is 19.8 Å². The fourth-order valence-corrected chi connectivity index (χ4v) is 3.39. The van der Waals surface area contributed by atoms with Crippen LogP contribution in [-0.4, -0.2) is 30.5 Å². The molecule has 33 heavy (non-hydrogen) atoms. The molecule has 0 saturated heterocycles. The van der Waals surface area contributed by atoms with Crippen molar-refractivity contribution in [2.75, 3.05) is 11.6 Å². The molecular formula is C21H22F3N5O3S. The lowest BCUT2D eigenvalue weighted by Crippen LogP contribution is -2.29. The van der Waals surface area contributed by atoms with Crippen LogP contribution >= 0.6 is 0 Å².